The SMILES string of the molecule is COc1nc(-c2ccc(N3CCN(C)CC3)cc2C2OCC(C)CN(C)C2=O)cc2nccnc12. The highest BCUT2D eigenvalue weighted by atomic mass is 16.5. The molecule has 0 saturated carbocycles. The summed E-state index contributed by atoms with van der Waals surface area (Å²) in [5.41, 5.74) is 4.68. The summed E-state index contributed by atoms with van der Waals surface area (Å²) in [4.78, 5) is 33.5. The smallest absolute Gasteiger partial charge is 0.256 e. The Balaban J connectivity index is 1.64. The fourth-order valence-electron chi connectivity index (χ4n) is 4.85. The van der Waals surface area contributed by atoms with Crippen LogP contribution in [-0.4, -0.2) is 91.2 Å². The van der Waals surface area contributed by atoms with Crippen molar-refractivity contribution in [1.29, 1.82) is 0 Å². The van der Waals surface area contributed by atoms with Crippen LogP contribution in [0.4, 0.5) is 5.69 Å². The minimum atomic E-state index is -0.710. The van der Waals surface area contributed by atoms with E-state index in [2.05, 4.69) is 45.9 Å². The topological polar surface area (TPSA) is 83.9 Å². The van der Waals surface area contributed by atoms with E-state index in [1.54, 1.807) is 24.4 Å². The second kappa shape index (κ2) is 9.75. The molecule has 9 nitrogen and oxygen atoms in total. The highest BCUT2D eigenvalue weighted by Gasteiger charge is 2.32. The summed E-state index contributed by atoms with van der Waals surface area (Å²) in [6.07, 6.45) is 2.56. The molecule has 35 heavy (non-hydrogen) atoms. The van der Waals surface area contributed by atoms with E-state index in [1.807, 2.05) is 19.2 Å². The number of rotatable bonds is 4. The summed E-state index contributed by atoms with van der Waals surface area (Å²) in [7, 11) is 5.56. The van der Waals surface area contributed by atoms with Crippen LogP contribution in [0.15, 0.2) is 36.7 Å². The number of piperazine rings is 1. The molecule has 2 aromatic heterocycles. The van der Waals surface area contributed by atoms with Crippen molar-refractivity contribution in [2.75, 3.05) is 65.4 Å². The second-order valence-electron chi connectivity index (χ2n) is 9.54. The van der Waals surface area contributed by atoms with Crippen molar-refractivity contribution in [3.05, 3.63) is 42.2 Å². The van der Waals surface area contributed by atoms with Crippen LogP contribution in [0.3, 0.4) is 0 Å². The molecule has 0 N–H and O–H groups in total. The lowest BCUT2D eigenvalue weighted by Gasteiger charge is -2.34. The summed E-state index contributed by atoms with van der Waals surface area (Å²) >= 11 is 0. The summed E-state index contributed by atoms with van der Waals surface area (Å²) in [5.74, 6) is 0.615. The molecule has 2 saturated heterocycles. The van der Waals surface area contributed by atoms with Gasteiger partial charge in [-0.25, -0.2) is 9.97 Å². The van der Waals surface area contributed by atoms with Gasteiger partial charge in [0.1, 0.15) is 0 Å². The number of ether oxygens (including phenoxy) is 2. The van der Waals surface area contributed by atoms with Crippen molar-refractivity contribution in [1.82, 2.24) is 24.8 Å². The lowest BCUT2D eigenvalue weighted by Crippen LogP contribution is -2.44. The van der Waals surface area contributed by atoms with Crippen LogP contribution in [0.25, 0.3) is 22.3 Å². The molecule has 4 heterocycles. The molecule has 2 atom stereocenters. The first kappa shape index (κ1) is 23.4. The zero-order valence-corrected chi connectivity index (χ0v) is 20.8. The third-order valence-electron chi connectivity index (χ3n) is 6.81. The van der Waals surface area contributed by atoms with E-state index in [-0.39, 0.29) is 11.8 Å². The van der Waals surface area contributed by atoms with E-state index in [4.69, 9.17) is 14.5 Å². The van der Waals surface area contributed by atoms with Crippen LogP contribution in [0.1, 0.15) is 18.6 Å². The van der Waals surface area contributed by atoms with Crippen molar-refractivity contribution < 1.29 is 14.3 Å². The minimum Gasteiger partial charge on any atom is -0.479 e. The van der Waals surface area contributed by atoms with Gasteiger partial charge < -0.3 is 24.2 Å². The molecule has 184 valence electrons. The Morgan fingerprint density at radius 3 is 2.60 bits per heavy atom. The molecular weight excluding hydrogens is 444 g/mol. The zero-order chi connectivity index (χ0) is 24.5. The van der Waals surface area contributed by atoms with Gasteiger partial charge in [-0.3, -0.25) is 9.78 Å². The molecule has 0 bridgehead atoms. The van der Waals surface area contributed by atoms with Gasteiger partial charge in [0.05, 0.1) is 24.9 Å². The molecule has 2 unspecified atom stereocenters. The van der Waals surface area contributed by atoms with Crippen LogP contribution in [-0.2, 0) is 9.53 Å². The molecule has 3 aromatic rings. The number of carbonyl (C=O) groups is 1. The molecule has 9 heteroatoms. The van der Waals surface area contributed by atoms with Crippen molar-refractivity contribution in [2.45, 2.75) is 13.0 Å². The number of pyridine rings is 1. The van der Waals surface area contributed by atoms with Crippen LogP contribution >= 0.6 is 0 Å². The van der Waals surface area contributed by atoms with Crippen molar-refractivity contribution in [3.8, 4) is 17.1 Å². The summed E-state index contributed by atoms with van der Waals surface area (Å²) < 4.78 is 11.8. The van der Waals surface area contributed by atoms with E-state index < -0.39 is 6.10 Å². The van der Waals surface area contributed by atoms with Crippen LogP contribution in [0.2, 0.25) is 0 Å². The fraction of sp³-hybridized carbons (Fsp3) is 0.462. The number of hydrogen-bond donors (Lipinski definition) is 0. The first-order valence-electron chi connectivity index (χ1n) is 12.0. The molecule has 2 fully saturated rings. The number of amides is 1. The average molecular weight is 477 g/mol. The lowest BCUT2D eigenvalue weighted by atomic mass is 9.96. The maximum Gasteiger partial charge on any atom is 0.256 e. The van der Waals surface area contributed by atoms with Crippen molar-refractivity contribution in [2.24, 2.45) is 5.92 Å². The highest BCUT2D eigenvalue weighted by molar-refractivity contribution is 5.88. The minimum absolute atomic E-state index is 0.0429. The van der Waals surface area contributed by atoms with Gasteiger partial charge in [-0.15, -0.1) is 0 Å². The fourth-order valence-corrected chi connectivity index (χ4v) is 4.85. The molecule has 5 rings (SSSR count). The predicted octanol–water partition coefficient (Wildman–Crippen LogP) is 2.62. The second-order valence-corrected chi connectivity index (χ2v) is 9.54. The van der Waals surface area contributed by atoms with Gasteiger partial charge in [-0.1, -0.05) is 13.0 Å². The molecule has 2 aliphatic rings. The van der Waals surface area contributed by atoms with E-state index in [1.165, 1.54) is 0 Å². The van der Waals surface area contributed by atoms with E-state index in [9.17, 15) is 4.79 Å². The molecule has 0 radical (unpaired) electrons. The first-order chi connectivity index (χ1) is 16.9. The monoisotopic (exact) mass is 476 g/mol. The zero-order valence-electron chi connectivity index (χ0n) is 20.8. The largest absolute Gasteiger partial charge is 0.479 e. The molecule has 0 spiro atoms. The van der Waals surface area contributed by atoms with E-state index in [0.717, 1.165) is 43.0 Å². The Kier molecular flexibility index (Phi) is 6.53. The first-order valence-corrected chi connectivity index (χ1v) is 12.0. The van der Waals surface area contributed by atoms with E-state index in [0.29, 0.717) is 35.8 Å². The van der Waals surface area contributed by atoms with Crippen molar-refractivity contribution >= 4 is 22.6 Å². The number of carbonyl (C=O) groups excluding carboxylic acids is 1. The summed E-state index contributed by atoms with van der Waals surface area (Å²) in [5, 5.41) is 0. The van der Waals surface area contributed by atoms with Gasteiger partial charge in [0, 0.05) is 69.0 Å². The lowest BCUT2D eigenvalue weighted by molar-refractivity contribution is -0.139. The number of aromatic nitrogens is 3. The van der Waals surface area contributed by atoms with E-state index >= 15 is 0 Å². The maximum absolute atomic E-state index is 13.5. The highest BCUT2D eigenvalue weighted by Crippen LogP contribution is 2.37. The van der Waals surface area contributed by atoms with Gasteiger partial charge in [0.25, 0.3) is 5.91 Å². The maximum atomic E-state index is 13.5. The Morgan fingerprint density at radius 2 is 1.83 bits per heavy atom. The molecular formula is C26H32N6O3. The number of benzene rings is 1. The number of likely N-dealkylation sites (N-methyl/N-ethyl adjacent to an activating group) is 2. The normalized spacial score (nSPS) is 21.9. The molecule has 2 aliphatic heterocycles. The standard InChI is InChI=1S/C26H32N6O3/c1-17-15-31(3)26(33)24(35-16-17)20-13-18(32-11-9-30(2)10-12-32)5-6-19(20)21-14-22-23(25(29-21)34-4)28-8-7-27-22/h5-8,13-14,17,24H,9-12,15-16H2,1-4H3. The Labute approximate surface area is 205 Å². The molecule has 0 aliphatic carbocycles. The van der Waals surface area contributed by atoms with Crippen molar-refractivity contribution in [3.63, 3.8) is 0 Å². The van der Waals surface area contributed by atoms with Gasteiger partial charge >= 0.3 is 0 Å². The Bertz CT molecular complexity index is 1230. The summed E-state index contributed by atoms with van der Waals surface area (Å²) in [6.45, 7) is 7.14. The number of fused-ring (bicyclic) bond motifs is 1. The van der Waals surface area contributed by atoms with Gasteiger partial charge in [0.15, 0.2) is 11.6 Å². The predicted molar refractivity (Wildman–Crippen MR) is 135 cm³/mol. The van der Waals surface area contributed by atoms with Crippen LogP contribution < -0.4 is 9.64 Å². The Morgan fingerprint density at radius 1 is 1.06 bits per heavy atom. The quantitative estimate of drug-likeness (QED) is 0.568. The number of nitrogens with zero attached hydrogens (tertiary/aromatic N) is 6. The molecule has 1 amide bonds. The average Bonchev–Trinajstić information content (AvgIpc) is 3.00. The Hall–Kier alpha value is -3.30. The van der Waals surface area contributed by atoms with Crippen LogP contribution in [0, 0.1) is 5.92 Å². The molecule has 1 aromatic carbocycles. The van der Waals surface area contributed by atoms with Gasteiger partial charge in [0.2, 0.25) is 5.88 Å². The van der Waals surface area contributed by atoms with Crippen LogP contribution in [0.5, 0.6) is 5.88 Å². The third kappa shape index (κ3) is 4.66. The number of hydrogen-bond acceptors (Lipinski definition) is 8. The van der Waals surface area contributed by atoms with Gasteiger partial charge in [-0.05, 0) is 31.2 Å². The summed E-state index contributed by atoms with van der Waals surface area (Å²) in [6, 6.07) is 8.14. The number of anilines is 1. The third-order valence-corrected chi connectivity index (χ3v) is 6.81. The number of methoxy groups -OCH3 is 1. The van der Waals surface area contributed by atoms with Gasteiger partial charge in [-0.2, -0.15) is 0 Å².